The summed E-state index contributed by atoms with van der Waals surface area (Å²) in [4.78, 5) is 23.3. The Morgan fingerprint density at radius 3 is 1.75 bits per heavy atom. The Kier molecular flexibility index (Phi) is 16.3. The van der Waals surface area contributed by atoms with Crippen LogP contribution in [0.15, 0.2) is 24.4 Å². The number of rotatable bonds is 6. The summed E-state index contributed by atoms with van der Waals surface area (Å²) < 4.78 is 0. The third-order valence-corrected chi connectivity index (χ3v) is 5.28. The maximum absolute atomic E-state index is 4.82. The summed E-state index contributed by atoms with van der Waals surface area (Å²) in [5.74, 6) is 2.33. The molecule has 0 atom stereocenters. The van der Waals surface area contributed by atoms with Crippen molar-refractivity contribution in [2.45, 2.75) is 44.9 Å². The Bertz CT molecular complexity index is 705. The molecule has 0 spiro atoms. The summed E-state index contributed by atoms with van der Waals surface area (Å²) in [6, 6.07) is 6.01. The molecular weight excluding hydrogens is 430 g/mol. The number of nitrogens with zero attached hydrogens (tertiary/aromatic N) is 6. The Morgan fingerprint density at radius 1 is 0.750 bits per heavy atom. The predicted molar refractivity (Wildman–Crippen MR) is 144 cm³/mol. The lowest BCUT2D eigenvalue weighted by molar-refractivity contribution is 0.556. The van der Waals surface area contributed by atoms with Gasteiger partial charge in [0.15, 0.2) is 0 Å². The zero-order valence-electron chi connectivity index (χ0n) is 19.2. The summed E-state index contributed by atoms with van der Waals surface area (Å²) in [5, 5.41) is 3.40. The molecule has 2 aromatic rings. The van der Waals surface area contributed by atoms with Gasteiger partial charge in [0, 0.05) is 56.7 Å². The second kappa shape index (κ2) is 16.3. The fourth-order valence-corrected chi connectivity index (χ4v) is 3.75. The highest BCUT2D eigenvalue weighted by Gasteiger charge is 2.20. The van der Waals surface area contributed by atoms with Crippen molar-refractivity contribution in [3.05, 3.63) is 30.1 Å². The van der Waals surface area contributed by atoms with Gasteiger partial charge in [-0.05, 0) is 50.7 Å². The Morgan fingerprint density at radius 2 is 1.28 bits per heavy atom. The molecule has 0 unspecified atom stereocenters. The first-order valence-corrected chi connectivity index (χ1v) is 10.3. The van der Waals surface area contributed by atoms with Gasteiger partial charge in [-0.15, -0.1) is 12.4 Å². The molecular formula is C20H50ClN11. The van der Waals surface area contributed by atoms with Crippen LogP contribution >= 0.6 is 12.4 Å². The zero-order chi connectivity index (χ0) is 18.3. The summed E-state index contributed by atoms with van der Waals surface area (Å²) >= 11 is 0. The van der Waals surface area contributed by atoms with E-state index in [-0.39, 0.29) is 42.7 Å². The van der Waals surface area contributed by atoms with Crippen LogP contribution in [0.3, 0.4) is 0 Å². The van der Waals surface area contributed by atoms with Gasteiger partial charge in [0.1, 0.15) is 0 Å². The van der Waals surface area contributed by atoms with Crippen molar-refractivity contribution in [1.82, 2.24) is 44.5 Å². The minimum Gasteiger partial charge on any atom is -0.354 e. The summed E-state index contributed by atoms with van der Waals surface area (Å²) in [7, 11) is 0. The Balaban J connectivity index is -0.000000250. The van der Waals surface area contributed by atoms with Gasteiger partial charge in [-0.3, -0.25) is 4.98 Å². The van der Waals surface area contributed by atoms with Gasteiger partial charge in [0.2, 0.25) is 17.8 Å². The summed E-state index contributed by atoms with van der Waals surface area (Å²) in [6.07, 6.45) is 10.2. The standard InChI is InChI=1S/C20H29N7.ClH.4H3N.4H2/c1-5-13-26(14-6-1)19-23-18(22-12-10-17-9-3-4-11-21-17)24-20(25-19)27-15-7-2-8-16-27;;;;;;;;;/h3-4,9,11H,1-2,5-8,10,12-16H2,(H,22,23,24,25);1H;4*1H3;4*1H. The minimum atomic E-state index is 0. The first kappa shape index (κ1) is 31.9. The highest BCUT2D eigenvalue weighted by atomic mass is 35.5. The van der Waals surface area contributed by atoms with Crippen molar-refractivity contribution in [2.75, 3.05) is 47.8 Å². The molecule has 0 radical (unpaired) electrons. The molecule has 11 nitrogen and oxygen atoms in total. The molecule has 0 amide bonds. The Hall–Kier alpha value is -2.31. The van der Waals surface area contributed by atoms with Gasteiger partial charge >= 0.3 is 0 Å². The van der Waals surface area contributed by atoms with E-state index in [1.165, 1.54) is 38.5 Å². The molecule has 32 heavy (non-hydrogen) atoms. The van der Waals surface area contributed by atoms with E-state index in [1.807, 2.05) is 24.4 Å². The van der Waals surface area contributed by atoms with Crippen LogP contribution in [0.5, 0.6) is 0 Å². The van der Waals surface area contributed by atoms with Crippen LogP contribution in [0.1, 0.15) is 49.9 Å². The third kappa shape index (κ3) is 8.67. The Labute approximate surface area is 203 Å². The molecule has 4 rings (SSSR count). The highest BCUT2D eigenvalue weighted by molar-refractivity contribution is 5.85. The number of halogens is 1. The maximum atomic E-state index is 4.82. The number of hydrogen-bond acceptors (Lipinski definition) is 11. The number of pyridine rings is 1. The first-order valence-electron chi connectivity index (χ1n) is 10.3. The average molecular weight is 480 g/mol. The zero-order valence-corrected chi connectivity index (χ0v) is 20.0. The molecule has 0 aliphatic carbocycles. The maximum Gasteiger partial charge on any atom is 0.231 e. The van der Waals surface area contributed by atoms with E-state index in [9.17, 15) is 0 Å². The lowest BCUT2D eigenvalue weighted by Gasteiger charge is -2.30. The van der Waals surface area contributed by atoms with Crippen molar-refractivity contribution >= 4 is 30.3 Å². The van der Waals surface area contributed by atoms with E-state index in [4.69, 9.17) is 15.0 Å². The van der Waals surface area contributed by atoms with E-state index in [0.717, 1.165) is 56.7 Å². The monoisotopic (exact) mass is 479 g/mol. The number of piperidine rings is 2. The van der Waals surface area contributed by atoms with Crippen LogP contribution in [0, 0.1) is 0 Å². The van der Waals surface area contributed by atoms with Crippen molar-refractivity contribution in [2.24, 2.45) is 0 Å². The normalized spacial score (nSPS) is 15.0. The van der Waals surface area contributed by atoms with E-state index in [2.05, 4.69) is 20.1 Å². The number of aromatic nitrogens is 4. The molecule has 192 valence electrons. The molecule has 2 aliphatic heterocycles. The fourth-order valence-electron chi connectivity index (χ4n) is 3.75. The van der Waals surface area contributed by atoms with Crippen LogP contribution in [-0.2, 0) is 6.42 Å². The summed E-state index contributed by atoms with van der Waals surface area (Å²) in [6.45, 7) is 4.92. The van der Waals surface area contributed by atoms with Gasteiger partial charge in [-0.2, -0.15) is 15.0 Å². The van der Waals surface area contributed by atoms with Gasteiger partial charge in [-0.25, -0.2) is 0 Å². The lowest BCUT2D eigenvalue weighted by atomic mass is 10.1. The lowest BCUT2D eigenvalue weighted by Crippen LogP contribution is -2.34. The van der Waals surface area contributed by atoms with Crippen molar-refractivity contribution in [3.63, 3.8) is 0 Å². The second-order valence-electron chi connectivity index (χ2n) is 7.35. The number of hydrogen-bond donors (Lipinski definition) is 5. The topological polar surface area (TPSA) is 210 Å². The second-order valence-corrected chi connectivity index (χ2v) is 7.35. The van der Waals surface area contributed by atoms with Crippen molar-refractivity contribution in [3.8, 4) is 0 Å². The van der Waals surface area contributed by atoms with E-state index >= 15 is 0 Å². The number of anilines is 3. The van der Waals surface area contributed by atoms with Crippen LogP contribution < -0.4 is 39.7 Å². The predicted octanol–water partition coefficient (Wildman–Crippen LogP) is 4.96. The molecule has 0 bridgehead atoms. The van der Waals surface area contributed by atoms with Crippen LogP contribution in [0.25, 0.3) is 0 Å². The van der Waals surface area contributed by atoms with Crippen LogP contribution in [-0.4, -0.2) is 52.7 Å². The van der Waals surface area contributed by atoms with Gasteiger partial charge in [0.25, 0.3) is 0 Å². The quantitative estimate of drug-likeness (QED) is 0.373. The molecule has 0 saturated carbocycles. The van der Waals surface area contributed by atoms with E-state index in [1.54, 1.807) is 0 Å². The molecule has 2 saturated heterocycles. The van der Waals surface area contributed by atoms with Crippen LogP contribution in [0.4, 0.5) is 17.8 Å². The largest absolute Gasteiger partial charge is 0.354 e. The van der Waals surface area contributed by atoms with E-state index < -0.39 is 0 Å². The first-order chi connectivity index (χ1) is 13.4. The van der Waals surface area contributed by atoms with Crippen molar-refractivity contribution in [1.29, 1.82) is 0 Å². The molecule has 12 heteroatoms. The average Bonchev–Trinajstić information content (AvgIpc) is 2.76. The van der Waals surface area contributed by atoms with E-state index in [0.29, 0.717) is 5.95 Å². The highest BCUT2D eigenvalue weighted by Crippen LogP contribution is 2.22. The SMILES string of the molecule is Cl.N.N.N.N.[HH].[HH].[HH].[HH].c1ccc(CCNc2nc(N3CCCCC3)nc(N3CCCCC3)n2)nc1. The molecule has 0 aromatic carbocycles. The van der Waals surface area contributed by atoms with Gasteiger partial charge in [-0.1, -0.05) is 6.07 Å². The summed E-state index contributed by atoms with van der Waals surface area (Å²) in [5.41, 5.74) is 1.08. The third-order valence-electron chi connectivity index (χ3n) is 5.28. The minimum absolute atomic E-state index is 0. The number of nitrogens with one attached hydrogen (secondary N) is 1. The molecule has 13 N–H and O–H groups in total. The molecule has 2 fully saturated rings. The smallest absolute Gasteiger partial charge is 0.231 e. The molecule has 4 heterocycles. The van der Waals surface area contributed by atoms with Crippen molar-refractivity contribution < 1.29 is 5.71 Å². The van der Waals surface area contributed by atoms with Gasteiger partial charge in [0.05, 0.1) is 0 Å². The molecule has 2 aliphatic rings. The fraction of sp³-hybridized carbons (Fsp3) is 0.600. The van der Waals surface area contributed by atoms with Crippen LogP contribution in [0.2, 0.25) is 0 Å². The molecule has 2 aromatic heterocycles. The van der Waals surface area contributed by atoms with Gasteiger partial charge < -0.3 is 39.7 Å².